The Morgan fingerprint density at radius 3 is 2.52 bits per heavy atom. The molecule has 1 N–H and O–H groups in total. The van der Waals surface area contributed by atoms with Crippen LogP contribution >= 0.6 is 0 Å². The molecule has 1 saturated heterocycles. The minimum atomic E-state index is -0.436. The molecule has 1 aliphatic rings. The standard InChI is InChI=1S/C21H34N2O2/c1-6-22-14-18-9-11-23(12-10-18)21(24)17(5)25-19-7-8-20(15(2)3)16(4)13-19/h7-8,13,15,17-18,22H,6,9-12,14H2,1-5H3. The number of piperidine rings is 1. The van der Waals surface area contributed by atoms with Crippen LogP contribution in [0, 0.1) is 12.8 Å². The molecule has 0 radical (unpaired) electrons. The molecule has 1 unspecified atom stereocenters. The van der Waals surface area contributed by atoms with Crippen LogP contribution in [0.15, 0.2) is 18.2 Å². The third kappa shape index (κ3) is 5.46. The van der Waals surface area contributed by atoms with E-state index in [9.17, 15) is 4.79 Å². The summed E-state index contributed by atoms with van der Waals surface area (Å²) in [5, 5.41) is 3.41. The highest BCUT2D eigenvalue weighted by atomic mass is 16.5. The van der Waals surface area contributed by atoms with Crippen LogP contribution in [0.25, 0.3) is 0 Å². The van der Waals surface area contributed by atoms with E-state index >= 15 is 0 Å². The summed E-state index contributed by atoms with van der Waals surface area (Å²) in [5.74, 6) is 2.07. The third-order valence-corrected chi connectivity index (χ3v) is 5.13. The van der Waals surface area contributed by atoms with Gasteiger partial charge >= 0.3 is 0 Å². The van der Waals surface area contributed by atoms with Crippen molar-refractivity contribution in [1.82, 2.24) is 10.2 Å². The molecule has 1 amide bonds. The van der Waals surface area contributed by atoms with E-state index in [0.29, 0.717) is 11.8 Å². The fourth-order valence-corrected chi connectivity index (χ4v) is 3.59. The number of benzene rings is 1. The first-order valence-electron chi connectivity index (χ1n) is 9.69. The molecule has 1 fully saturated rings. The van der Waals surface area contributed by atoms with Crippen LogP contribution in [0.2, 0.25) is 0 Å². The molecule has 0 aromatic heterocycles. The first-order valence-corrected chi connectivity index (χ1v) is 9.69. The highest BCUT2D eigenvalue weighted by Gasteiger charge is 2.26. The van der Waals surface area contributed by atoms with Crippen LogP contribution < -0.4 is 10.1 Å². The van der Waals surface area contributed by atoms with Gasteiger partial charge in [-0.05, 0) is 74.9 Å². The van der Waals surface area contributed by atoms with E-state index in [1.807, 2.05) is 24.0 Å². The number of rotatable bonds is 7. The van der Waals surface area contributed by atoms with Gasteiger partial charge in [-0.3, -0.25) is 4.79 Å². The number of ether oxygens (including phenoxy) is 1. The molecule has 1 aromatic rings. The number of amides is 1. The molecule has 0 spiro atoms. The monoisotopic (exact) mass is 346 g/mol. The molecule has 1 aliphatic heterocycles. The topological polar surface area (TPSA) is 41.6 Å². The lowest BCUT2D eigenvalue weighted by atomic mass is 9.96. The summed E-state index contributed by atoms with van der Waals surface area (Å²) >= 11 is 0. The second-order valence-corrected chi connectivity index (χ2v) is 7.51. The van der Waals surface area contributed by atoms with Gasteiger partial charge in [-0.1, -0.05) is 26.8 Å². The molecule has 140 valence electrons. The number of likely N-dealkylation sites (tertiary alicyclic amines) is 1. The zero-order valence-corrected chi connectivity index (χ0v) is 16.5. The van der Waals surface area contributed by atoms with Gasteiger partial charge in [0.15, 0.2) is 6.10 Å². The minimum Gasteiger partial charge on any atom is -0.481 e. The molecule has 1 atom stereocenters. The fraction of sp³-hybridized carbons (Fsp3) is 0.667. The third-order valence-electron chi connectivity index (χ3n) is 5.13. The predicted octanol–water partition coefficient (Wildman–Crippen LogP) is 3.73. The lowest BCUT2D eigenvalue weighted by Gasteiger charge is -2.33. The summed E-state index contributed by atoms with van der Waals surface area (Å²) in [7, 11) is 0. The van der Waals surface area contributed by atoms with E-state index in [2.05, 4.69) is 39.1 Å². The van der Waals surface area contributed by atoms with Gasteiger partial charge in [0.2, 0.25) is 0 Å². The summed E-state index contributed by atoms with van der Waals surface area (Å²) in [6.45, 7) is 14.2. The molecule has 1 heterocycles. The SMILES string of the molecule is CCNCC1CCN(C(=O)C(C)Oc2ccc(C(C)C)c(C)c2)CC1. The fourth-order valence-electron chi connectivity index (χ4n) is 3.59. The maximum Gasteiger partial charge on any atom is 0.263 e. The summed E-state index contributed by atoms with van der Waals surface area (Å²) in [6, 6.07) is 6.13. The summed E-state index contributed by atoms with van der Waals surface area (Å²) in [5.41, 5.74) is 2.55. The summed E-state index contributed by atoms with van der Waals surface area (Å²) in [6.07, 6.45) is 1.72. The smallest absolute Gasteiger partial charge is 0.263 e. The van der Waals surface area contributed by atoms with Gasteiger partial charge in [0.05, 0.1) is 0 Å². The second-order valence-electron chi connectivity index (χ2n) is 7.51. The van der Waals surface area contributed by atoms with E-state index in [1.165, 1.54) is 11.1 Å². The molecule has 0 bridgehead atoms. The Morgan fingerprint density at radius 1 is 1.28 bits per heavy atom. The van der Waals surface area contributed by atoms with Gasteiger partial charge in [0.1, 0.15) is 5.75 Å². The van der Waals surface area contributed by atoms with Crippen molar-refractivity contribution < 1.29 is 9.53 Å². The van der Waals surface area contributed by atoms with Crippen molar-refractivity contribution >= 4 is 5.91 Å². The lowest BCUT2D eigenvalue weighted by Crippen LogP contribution is -2.45. The van der Waals surface area contributed by atoms with Gasteiger partial charge in [-0.25, -0.2) is 0 Å². The Bertz CT molecular complexity index is 563. The van der Waals surface area contributed by atoms with Crippen LogP contribution in [0.4, 0.5) is 0 Å². The van der Waals surface area contributed by atoms with Gasteiger partial charge in [-0.2, -0.15) is 0 Å². The van der Waals surface area contributed by atoms with Crippen molar-refractivity contribution in [3.63, 3.8) is 0 Å². The normalized spacial score (nSPS) is 17.0. The molecule has 25 heavy (non-hydrogen) atoms. The van der Waals surface area contributed by atoms with Gasteiger partial charge in [-0.15, -0.1) is 0 Å². The van der Waals surface area contributed by atoms with E-state index < -0.39 is 6.10 Å². The van der Waals surface area contributed by atoms with E-state index in [4.69, 9.17) is 4.74 Å². The number of hydrogen-bond donors (Lipinski definition) is 1. The number of nitrogens with one attached hydrogen (secondary N) is 1. The zero-order chi connectivity index (χ0) is 18.4. The minimum absolute atomic E-state index is 0.104. The maximum absolute atomic E-state index is 12.7. The maximum atomic E-state index is 12.7. The van der Waals surface area contributed by atoms with Crippen LogP contribution in [-0.4, -0.2) is 43.1 Å². The Kier molecular flexibility index (Phi) is 7.30. The van der Waals surface area contributed by atoms with Gasteiger partial charge in [0.25, 0.3) is 5.91 Å². The Labute approximate surface area is 152 Å². The molecule has 0 saturated carbocycles. The number of aryl methyl sites for hydroxylation is 1. The molecular weight excluding hydrogens is 312 g/mol. The average Bonchev–Trinajstić information content (AvgIpc) is 2.59. The summed E-state index contributed by atoms with van der Waals surface area (Å²) < 4.78 is 5.93. The summed E-state index contributed by atoms with van der Waals surface area (Å²) in [4.78, 5) is 14.6. The molecule has 0 aliphatic carbocycles. The van der Waals surface area contributed by atoms with Crippen molar-refractivity contribution in [2.75, 3.05) is 26.2 Å². The number of carbonyl (C=O) groups is 1. The molecule has 4 heteroatoms. The lowest BCUT2D eigenvalue weighted by molar-refractivity contribution is -0.139. The van der Waals surface area contributed by atoms with Crippen LogP contribution in [0.1, 0.15) is 57.6 Å². The van der Waals surface area contributed by atoms with E-state index in [1.54, 1.807) is 0 Å². The van der Waals surface area contributed by atoms with Crippen molar-refractivity contribution in [1.29, 1.82) is 0 Å². The molecular formula is C21H34N2O2. The molecule has 4 nitrogen and oxygen atoms in total. The van der Waals surface area contributed by atoms with Crippen molar-refractivity contribution in [3.05, 3.63) is 29.3 Å². The first kappa shape index (κ1) is 19.8. The van der Waals surface area contributed by atoms with Crippen molar-refractivity contribution in [2.45, 2.75) is 59.5 Å². The largest absolute Gasteiger partial charge is 0.481 e. The number of nitrogens with zero attached hydrogens (tertiary/aromatic N) is 1. The highest BCUT2D eigenvalue weighted by Crippen LogP contribution is 2.25. The van der Waals surface area contributed by atoms with E-state index in [-0.39, 0.29) is 5.91 Å². The predicted molar refractivity (Wildman–Crippen MR) is 103 cm³/mol. The van der Waals surface area contributed by atoms with Crippen molar-refractivity contribution in [2.24, 2.45) is 5.92 Å². The molecule has 2 rings (SSSR count). The quantitative estimate of drug-likeness (QED) is 0.818. The van der Waals surface area contributed by atoms with Crippen molar-refractivity contribution in [3.8, 4) is 5.75 Å². The van der Waals surface area contributed by atoms with Crippen LogP contribution in [-0.2, 0) is 4.79 Å². The van der Waals surface area contributed by atoms with Crippen LogP contribution in [0.3, 0.4) is 0 Å². The Hall–Kier alpha value is -1.55. The highest BCUT2D eigenvalue weighted by molar-refractivity contribution is 5.81. The van der Waals surface area contributed by atoms with Gasteiger partial charge < -0.3 is 15.0 Å². The average molecular weight is 347 g/mol. The van der Waals surface area contributed by atoms with Gasteiger partial charge in [0, 0.05) is 13.1 Å². The van der Waals surface area contributed by atoms with Crippen LogP contribution in [0.5, 0.6) is 5.75 Å². The Morgan fingerprint density at radius 2 is 1.96 bits per heavy atom. The zero-order valence-electron chi connectivity index (χ0n) is 16.5. The Balaban J connectivity index is 1.87. The second kappa shape index (κ2) is 9.23. The first-order chi connectivity index (χ1) is 11.9. The number of hydrogen-bond acceptors (Lipinski definition) is 3. The molecule has 1 aromatic carbocycles. The number of carbonyl (C=O) groups excluding carboxylic acids is 1. The van der Waals surface area contributed by atoms with E-state index in [0.717, 1.165) is 44.8 Å².